The number of rotatable bonds is 24. The minimum absolute atomic E-state index is 0.0133. The number of hydrogen-bond donors (Lipinski definition) is 1. The van der Waals surface area contributed by atoms with Gasteiger partial charge in [0.1, 0.15) is 0 Å². The highest BCUT2D eigenvalue weighted by Gasteiger charge is 2.30. The monoisotopic (exact) mass is 604 g/mol. The zero-order valence-corrected chi connectivity index (χ0v) is 27.3. The first kappa shape index (κ1) is 38.7. The molecular formula is C31H60N2O9. The number of amides is 2. The van der Waals surface area contributed by atoms with Crippen molar-refractivity contribution in [1.29, 1.82) is 0 Å². The molecule has 1 saturated heterocycles. The number of nitrogens with zero attached hydrogens (tertiary/aromatic N) is 1. The van der Waals surface area contributed by atoms with E-state index in [-0.39, 0.29) is 17.4 Å². The Bertz CT molecular complexity index is 687. The van der Waals surface area contributed by atoms with E-state index in [2.05, 4.69) is 26.1 Å². The standard InChI is InChI=1S/C31H60N2O9/c1-30(2,3)27-7-11-33(12-8-27)29(35)10-14-37-16-18-39-20-22-41-24-26-42-25-23-40-21-19-38-17-15-36-13-9-28(34)32-31(4,5)6/h27H,7-26H2,1-6H3,(H,32,34). The fourth-order valence-electron chi connectivity index (χ4n) is 4.38. The molecule has 0 aliphatic carbocycles. The van der Waals surface area contributed by atoms with E-state index in [0.717, 1.165) is 25.9 Å². The van der Waals surface area contributed by atoms with E-state index in [9.17, 15) is 9.59 Å². The Labute approximate surface area is 254 Å². The number of hydrogen-bond acceptors (Lipinski definition) is 9. The molecule has 0 bridgehead atoms. The Morgan fingerprint density at radius 3 is 1.24 bits per heavy atom. The zero-order valence-electron chi connectivity index (χ0n) is 27.3. The van der Waals surface area contributed by atoms with E-state index in [1.165, 1.54) is 0 Å². The molecule has 0 atom stereocenters. The van der Waals surface area contributed by atoms with Crippen molar-refractivity contribution in [2.75, 3.05) is 106 Å². The summed E-state index contributed by atoms with van der Waals surface area (Å²) in [5.74, 6) is 0.863. The van der Waals surface area contributed by atoms with Gasteiger partial charge in [0.2, 0.25) is 11.8 Å². The van der Waals surface area contributed by atoms with Crippen molar-refractivity contribution in [2.45, 2.75) is 72.8 Å². The van der Waals surface area contributed by atoms with Crippen LogP contribution < -0.4 is 5.32 Å². The molecule has 11 nitrogen and oxygen atoms in total. The van der Waals surface area contributed by atoms with Crippen LogP contribution in [0.25, 0.3) is 0 Å². The van der Waals surface area contributed by atoms with E-state index < -0.39 is 0 Å². The van der Waals surface area contributed by atoms with Crippen LogP contribution in [0, 0.1) is 11.3 Å². The molecule has 0 aromatic rings. The van der Waals surface area contributed by atoms with Crippen LogP contribution in [0.2, 0.25) is 0 Å². The number of piperidine rings is 1. The second-order valence-corrected chi connectivity index (χ2v) is 12.6. The number of likely N-dealkylation sites (tertiary alicyclic amines) is 1. The third kappa shape index (κ3) is 22.2. The fourth-order valence-corrected chi connectivity index (χ4v) is 4.38. The van der Waals surface area contributed by atoms with Crippen LogP contribution in [0.3, 0.4) is 0 Å². The predicted octanol–water partition coefficient (Wildman–Crippen LogP) is 3.08. The zero-order chi connectivity index (χ0) is 31.1. The van der Waals surface area contributed by atoms with Crippen LogP contribution in [0.4, 0.5) is 0 Å². The van der Waals surface area contributed by atoms with Crippen molar-refractivity contribution in [3.05, 3.63) is 0 Å². The van der Waals surface area contributed by atoms with E-state index in [1.807, 2.05) is 25.7 Å². The minimum Gasteiger partial charge on any atom is -0.379 e. The largest absolute Gasteiger partial charge is 0.379 e. The summed E-state index contributed by atoms with van der Waals surface area (Å²) in [7, 11) is 0. The smallest absolute Gasteiger partial charge is 0.224 e. The van der Waals surface area contributed by atoms with Crippen LogP contribution in [-0.4, -0.2) is 128 Å². The summed E-state index contributed by atoms with van der Waals surface area (Å²) in [5, 5.41) is 2.89. The van der Waals surface area contributed by atoms with E-state index >= 15 is 0 Å². The van der Waals surface area contributed by atoms with Crippen molar-refractivity contribution >= 4 is 11.8 Å². The van der Waals surface area contributed by atoms with Crippen molar-refractivity contribution in [3.8, 4) is 0 Å². The average Bonchev–Trinajstić information content (AvgIpc) is 2.92. The van der Waals surface area contributed by atoms with Gasteiger partial charge in [-0.15, -0.1) is 0 Å². The van der Waals surface area contributed by atoms with Gasteiger partial charge in [-0.05, 0) is 44.9 Å². The molecule has 0 spiro atoms. The molecule has 1 N–H and O–H groups in total. The molecule has 0 aromatic heterocycles. The minimum atomic E-state index is -0.222. The molecule has 42 heavy (non-hydrogen) atoms. The fraction of sp³-hybridized carbons (Fsp3) is 0.935. The Balaban J connectivity index is 1.74. The first-order valence-corrected chi connectivity index (χ1v) is 15.6. The maximum absolute atomic E-state index is 12.4. The van der Waals surface area contributed by atoms with Crippen LogP contribution in [-0.2, 0) is 42.7 Å². The first-order chi connectivity index (χ1) is 20.0. The second-order valence-electron chi connectivity index (χ2n) is 12.6. The summed E-state index contributed by atoms with van der Waals surface area (Å²) < 4.78 is 38.3. The van der Waals surface area contributed by atoms with Crippen molar-refractivity contribution in [3.63, 3.8) is 0 Å². The number of nitrogens with one attached hydrogen (secondary N) is 1. The molecule has 1 rings (SSSR count). The van der Waals surface area contributed by atoms with Crippen LogP contribution in [0.1, 0.15) is 67.2 Å². The maximum Gasteiger partial charge on any atom is 0.224 e. The first-order valence-electron chi connectivity index (χ1n) is 15.6. The Hall–Kier alpha value is -1.34. The lowest BCUT2D eigenvalue weighted by Gasteiger charge is -2.38. The molecule has 1 aliphatic heterocycles. The Morgan fingerprint density at radius 2 is 0.905 bits per heavy atom. The SMILES string of the molecule is CC(C)(C)NC(=O)CCOCCOCCOCCOCCOCCOCCOCCC(=O)N1CCC(C(C)(C)C)CC1. The predicted molar refractivity (Wildman–Crippen MR) is 162 cm³/mol. The molecular weight excluding hydrogens is 544 g/mol. The van der Waals surface area contributed by atoms with Gasteiger partial charge in [-0.2, -0.15) is 0 Å². The highest BCUT2D eigenvalue weighted by molar-refractivity contribution is 5.76. The van der Waals surface area contributed by atoms with Gasteiger partial charge in [0, 0.05) is 25.0 Å². The van der Waals surface area contributed by atoms with E-state index in [4.69, 9.17) is 33.2 Å². The third-order valence-corrected chi connectivity index (χ3v) is 6.75. The van der Waals surface area contributed by atoms with Gasteiger partial charge in [-0.3, -0.25) is 9.59 Å². The molecule has 2 amide bonds. The summed E-state index contributed by atoms with van der Waals surface area (Å²) in [6.07, 6.45) is 2.95. The lowest BCUT2D eigenvalue weighted by molar-refractivity contribution is -0.134. The third-order valence-electron chi connectivity index (χ3n) is 6.75. The van der Waals surface area contributed by atoms with Crippen LogP contribution >= 0.6 is 0 Å². The van der Waals surface area contributed by atoms with Crippen molar-refractivity contribution in [2.24, 2.45) is 11.3 Å². The molecule has 1 fully saturated rings. The quantitative estimate of drug-likeness (QED) is 0.166. The molecule has 248 valence electrons. The highest BCUT2D eigenvalue weighted by atomic mass is 16.6. The molecule has 11 heteroatoms. The number of carbonyl (C=O) groups excluding carboxylic acids is 2. The Kier molecular flexibility index (Phi) is 21.3. The molecule has 0 radical (unpaired) electrons. The van der Waals surface area contributed by atoms with Gasteiger partial charge >= 0.3 is 0 Å². The second kappa shape index (κ2) is 23.1. The van der Waals surface area contributed by atoms with Crippen LogP contribution in [0.15, 0.2) is 0 Å². The summed E-state index contributed by atoms with van der Waals surface area (Å²) in [6, 6.07) is 0. The molecule has 1 heterocycles. The van der Waals surface area contributed by atoms with E-state index in [1.54, 1.807) is 0 Å². The normalized spacial score (nSPS) is 14.9. The Morgan fingerprint density at radius 1 is 0.571 bits per heavy atom. The average molecular weight is 605 g/mol. The molecule has 1 aliphatic rings. The lowest BCUT2D eigenvalue weighted by atomic mass is 9.75. The molecule has 0 unspecified atom stereocenters. The number of carbonyl (C=O) groups is 2. The topological polar surface area (TPSA) is 114 Å². The molecule has 0 saturated carbocycles. The van der Waals surface area contributed by atoms with Gasteiger partial charge in [0.05, 0.1) is 98.9 Å². The summed E-state index contributed by atoms with van der Waals surface area (Å²) >= 11 is 0. The van der Waals surface area contributed by atoms with Gasteiger partial charge in [0.25, 0.3) is 0 Å². The van der Waals surface area contributed by atoms with Crippen molar-refractivity contribution < 1.29 is 42.7 Å². The lowest BCUT2D eigenvalue weighted by Crippen LogP contribution is -2.41. The number of ether oxygens (including phenoxy) is 7. The van der Waals surface area contributed by atoms with Crippen LogP contribution in [0.5, 0.6) is 0 Å². The van der Waals surface area contributed by atoms with Gasteiger partial charge in [-0.1, -0.05) is 20.8 Å². The molecule has 0 aromatic carbocycles. The van der Waals surface area contributed by atoms with Gasteiger partial charge < -0.3 is 43.4 Å². The summed E-state index contributed by atoms with van der Waals surface area (Å²) in [4.78, 5) is 26.0. The summed E-state index contributed by atoms with van der Waals surface area (Å²) in [6.45, 7) is 21.0. The summed E-state index contributed by atoms with van der Waals surface area (Å²) in [5.41, 5.74) is 0.0953. The highest BCUT2D eigenvalue weighted by Crippen LogP contribution is 2.34. The van der Waals surface area contributed by atoms with E-state index in [0.29, 0.717) is 117 Å². The van der Waals surface area contributed by atoms with Gasteiger partial charge in [0.15, 0.2) is 0 Å². The van der Waals surface area contributed by atoms with Crippen molar-refractivity contribution in [1.82, 2.24) is 10.2 Å². The van der Waals surface area contributed by atoms with Gasteiger partial charge in [-0.25, -0.2) is 0 Å². The maximum atomic E-state index is 12.4.